The Hall–Kier alpha value is -2.66. The van der Waals surface area contributed by atoms with E-state index in [1.54, 1.807) is 25.3 Å². The molecule has 0 spiro atoms. The van der Waals surface area contributed by atoms with Gasteiger partial charge in [0.25, 0.3) is 0 Å². The number of halogens is 1. The van der Waals surface area contributed by atoms with Crippen LogP contribution in [0.5, 0.6) is 11.5 Å². The number of phenolic OH excluding ortho intramolecular Hbond substituents is 1. The number of nitrogens with one attached hydrogen (secondary N) is 1. The summed E-state index contributed by atoms with van der Waals surface area (Å²) < 4.78 is 45.1. The second-order valence-corrected chi connectivity index (χ2v) is 6.57. The van der Waals surface area contributed by atoms with Crippen LogP contribution in [0.3, 0.4) is 0 Å². The second kappa shape index (κ2) is 10.2. The lowest BCUT2D eigenvalue weighted by Gasteiger charge is -2.17. The van der Waals surface area contributed by atoms with Crippen molar-refractivity contribution in [2.24, 2.45) is 0 Å². The van der Waals surface area contributed by atoms with Crippen molar-refractivity contribution in [3.05, 3.63) is 53.9 Å². The molecule has 3 rings (SSSR count). The van der Waals surface area contributed by atoms with Gasteiger partial charge in [-0.2, -0.15) is 0 Å². The van der Waals surface area contributed by atoms with E-state index >= 15 is 0 Å². The summed E-state index contributed by atoms with van der Waals surface area (Å²) in [5.74, 6) is 1.67. The molecule has 29 heavy (non-hydrogen) atoms. The maximum atomic E-state index is 9.75. The molecular weight excluding hydrogens is 406 g/mol. The van der Waals surface area contributed by atoms with Gasteiger partial charge in [0.1, 0.15) is 29.4 Å². The maximum absolute atomic E-state index is 9.75. The van der Waals surface area contributed by atoms with E-state index in [4.69, 9.17) is 32.9 Å². The minimum absolute atomic E-state index is 0.124. The molecule has 10 heteroatoms. The summed E-state index contributed by atoms with van der Waals surface area (Å²) in [7, 11) is -3.31. The zero-order valence-corrected chi connectivity index (χ0v) is 16.2. The third-order valence-corrected chi connectivity index (χ3v) is 3.77. The number of hydrogen-bond donors (Lipinski definition) is 3. The zero-order valence-electron chi connectivity index (χ0n) is 15.5. The summed E-state index contributed by atoms with van der Waals surface area (Å²) in [5.41, 5.74) is 1.60. The van der Waals surface area contributed by atoms with Crippen molar-refractivity contribution in [2.45, 2.75) is 6.42 Å². The van der Waals surface area contributed by atoms with E-state index in [0.29, 0.717) is 24.3 Å². The number of rotatable bonds is 5. The highest BCUT2D eigenvalue weighted by molar-refractivity contribution is 5.79. The average Bonchev–Trinajstić information content (AvgIpc) is 2.67. The molecule has 0 aliphatic rings. The summed E-state index contributed by atoms with van der Waals surface area (Å²) in [6, 6.07) is 14.5. The van der Waals surface area contributed by atoms with Gasteiger partial charge in [0.2, 0.25) is 5.36 Å². The molecule has 3 aromatic rings. The van der Waals surface area contributed by atoms with Crippen LogP contribution >= 0.6 is 0 Å². The number of aromatic hydroxyl groups is 1. The normalized spacial score (nSPS) is 11.9. The van der Waals surface area contributed by atoms with Gasteiger partial charge in [-0.15, -0.1) is 10.2 Å². The summed E-state index contributed by atoms with van der Waals surface area (Å²) >= 11 is 0. The minimum Gasteiger partial charge on any atom is -0.508 e. The Kier molecular flexibility index (Phi) is 7.97. The number of aliphatic hydroxyl groups excluding tert-OH is 1. The van der Waals surface area contributed by atoms with E-state index in [-0.39, 0.29) is 12.4 Å². The first kappa shape index (κ1) is 22.6. The lowest BCUT2D eigenvalue weighted by molar-refractivity contribution is -2.00. The van der Waals surface area contributed by atoms with Crippen molar-refractivity contribution in [3.63, 3.8) is 0 Å². The van der Waals surface area contributed by atoms with E-state index in [1.165, 1.54) is 0 Å². The fraction of sp³-hybridized carbons (Fsp3) is 0.211. The van der Waals surface area contributed by atoms with Crippen molar-refractivity contribution < 1.29 is 53.2 Å². The highest BCUT2D eigenvalue weighted by Gasteiger charge is 2.10. The molecule has 1 aromatic heterocycles. The van der Waals surface area contributed by atoms with Gasteiger partial charge in [0.05, 0.1) is 18.6 Å². The predicted molar refractivity (Wildman–Crippen MR) is 90.5 cm³/mol. The predicted octanol–water partition coefficient (Wildman–Crippen LogP) is -3.58. The van der Waals surface area contributed by atoms with Gasteiger partial charge in [0.15, 0.2) is 0 Å². The molecule has 0 bridgehead atoms. The van der Waals surface area contributed by atoms with Gasteiger partial charge in [-0.05, 0) is 42.5 Å². The zero-order chi connectivity index (χ0) is 21.4. The lowest BCUT2D eigenvalue weighted by atomic mass is 10.1. The van der Waals surface area contributed by atoms with E-state index in [9.17, 15) is 5.11 Å². The van der Waals surface area contributed by atoms with Crippen LogP contribution in [0.15, 0.2) is 52.9 Å². The molecule has 0 saturated heterocycles. The molecule has 156 valence electrons. The molecule has 3 N–H and O–H groups in total. The van der Waals surface area contributed by atoms with E-state index in [0.717, 1.165) is 22.1 Å². The number of benzene rings is 2. The van der Waals surface area contributed by atoms with Gasteiger partial charge in [-0.25, -0.2) is 23.6 Å². The van der Waals surface area contributed by atoms with Crippen LogP contribution in [0.4, 0.5) is 0 Å². The Morgan fingerprint density at radius 2 is 1.69 bits per heavy atom. The molecule has 0 radical (unpaired) electrons. The molecule has 0 aliphatic carbocycles. The quantitative estimate of drug-likeness (QED) is 0.352. The Bertz CT molecular complexity index is 990. The van der Waals surface area contributed by atoms with Gasteiger partial charge >= 0.3 is 0 Å². The topological polar surface area (TPSA) is 169 Å². The molecule has 2 aromatic carbocycles. The minimum atomic E-state index is -4.94. The monoisotopic (exact) mass is 425 g/mol. The number of phenols is 1. The standard InChI is InChI=1S/C19H19NO4.ClHO4/c1-23-15-6-3-13(4-7-15)19-12-17(20-9-2-10-21)16-11-14(22)5-8-18(16)24-19;2-1(3,4)5/h3-8,11-12,21-22H,2,9-10H2,1H3;(H,2,3,4,5). The SMILES string of the molecule is COc1ccc(-c2cc(=[NH+]CCCO)c3cc(O)ccc3o2)cc1.[O-][Cl+3]([O-])([O-])[O-]. The van der Waals surface area contributed by atoms with Crippen LogP contribution in [-0.4, -0.2) is 30.5 Å². The fourth-order valence-corrected chi connectivity index (χ4v) is 2.52. The van der Waals surface area contributed by atoms with Crippen molar-refractivity contribution in [1.29, 1.82) is 0 Å². The number of hydrogen-bond acceptors (Lipinski definition) is 8. The fourth-order valence-electron chi connectivity index (χ4n) is 2.52. The van der Waals surface area contributed by atoms with E-state index in [1.807, 2.05) is 30.3 Å². The summed E-state index contributed by atoms with van der Waals surface area (Å²) in [4.78, 5) is 3.29. The highest BCUT2D eigenvalue weighted by Crippen LogP contribution is 2.25. The Morgan fingerprint density at radius 1 is 1.03 bits per heavy atom. The Morgan fingerprint density at radius 3 is 2.28 bits per heavy atom. The number of aliphatic hydroxyl groups is 1. The molecule has 0 atom stereocenters. The van der Waals surface area contributed by atoms with Gasteiger partial charge in [-0.1, -0.05) is 0 Å². The smallest absolute Gasteiger partial charge is 0.213 e. The van der Waals surface area contributed by atoms with Crippen LogP contribution < -0.4 is 33.7 Å². The first-order chi connectivity index (χ1) is 13.7. The second-order valence-electron chi connectivity index (χ2n) is 5.82. The van der Waals surface area contributed by atoms with Crippen LogP contribution in [0.25, 0.3) is 22.3 Å². The molecule has 0 unspecified atom stereocenters. The van der Waals surface area contributed by atoms with Crippen molar-refractivity contribution in [3.8, 4) is 22.8 Å². The van der Waals surface area contributed by atoms with E-state index < -0.39 is 10.2 Å². The lowest BCUT2D eigenvalue weighted by Crippen LogP contribution is -2.76. The Balaban J connectivity index is 0.000000537. The van der Waals surface area contributed by atoms with Crippen LogP contribution in [0.1, 0.15) is 6.42 Å². The summed E-state index contributed by atoms with van der Waals surface area (Å²) in [5, 5.41) is 20.4. The number of fused-ring (bicyclic) bond motifs is 1. The average molecular weight is 426 g/mol. The van der Waals surface area contributed by atoms with Crippen LogP contribution in [0, 0.1) is 10.2 Å². The molecule has 0 fully saturated rings. The third kappa shape index (κ3) is 7.35. The van der Waals surface area contributed by atoms with Gasteiger partial charge < -0.3 is 19.4 Å². The first-order valence-electron chi connectivity index (χ1n) is 8.42. The van der Waals surface area contributed by atoms with Crippen molar-refractivity contribution >= 4 is 11.0 Å². The number of methoxy groups -OCH3 is 1. The molecular formula is C19H20ClNO8. The van der Waals surface area contributed by atoms with Crippen molar-refractivity contribution in [1.82, 2.24) is 0 Å². The first-order valence-corrected chi connectivity index (χ1v) is 9.65. The van der Waals surface area contributed by atoms with E-state index in [2.05, 4.69) is 4.99 Å². The molecule has 9 nitrogen and oxygen atoms in total. The number of ether oxygens (including phenoxy) is 1. The summed E-state index contributed by atoms with van der Waals surface area (Å²) in [6.07, 6.45) is 0.643. The van der Waals surface area contributed by atoms with Gasteiger partial charge in [0, 0.05) is 18.6 Å². The highest BCUT2D eigenvalue weighted by atomic mass is 35.7. The van der Waals surface area contributed by atoms with Crippen LogP contribution in [0.2, 0.25) is 0 Å². The molecule has 0 aliphatic heterocycles. The van der Waals surface area contributed by atoms with Crippen LogP contribution in [-0.2, 0) is 0 Å². The molecule has 1 heterocycles. The molecule has 0 saturated carbocycles. The largest absolute Gasteiger partial charge is 0.508 e. The Labute approximate surface area is 168 Å². The summed E-state index contributed by atoms with van der Waals surface area (Å²) in [6.45, 7) is 0.756. The molecule has 0 amide bonds. The van der Waals surface area contributed by atoms with Crippen molar-refractivity contribution in [2.75, 3.05) is 20.3 Å². The van der Waals surface area contributed by atoms with Gasteiger partial charge in [-0.3, -0.25) is 0 Å². The maximum Gasteiger partial charge on any atom is 0.213 e. The third-order valence-electron chi connectivity index (χ3n) is 3.77.